The number of ether oxygens (including phenoxy) is 1. The monoisotopic (exact) mass is 194 g/mol. The highest BCUT2D eigenvalue weighted by Gasteiger charge is 2.04. The van der Waals surface area contributed by atoms with E-state index >= 15 is 0 Å². The van der Waals surface area contributed by atoms with Gasteiger partial charge >= 0.3 is 0 Å². The molecule has 1 aromatic rings. The van der Waals surface area contributed by atoms with Crippen LogP contribution in [0.15, 0.2) is 18.5 Å². The van der Waals surface area contributed by atoms with Gasteiger partial charge in [0, 0.05) is 25.4 Å². The normalized spacial score (nSPS) is 12.7. The second-order valence-electron chi connectivity index (χ2n) is 3.40. The summed E-state index contributed by atoms with van der Waals surface area (Å²) < 4.78 is 5.61. The third kappa shape index (κ3) is 4.33. The summed E-state index contributed by atoms with van der Waals surface area (Å²) in [7, 11) is 0. The number of rotatable bonds is 6. The third-order valence-electron chi connectivity index (χ3n) is 1.99. The summed E-state index contributed by atoms with van der Waals surface area (Å²) in [6.45, 7) is 5.06. The van der Waals surface area contributed by atoms with Gasteiger partial charge < -0.3 is 4.74 Å². The molecule has 0 saturated carbocycles. The molecule has 0 fully saturated rings. The highest BCUT2D eigenvalue weighted by atomic mass is 16.5. The van der Waals surface area contributed by atoms with Crippen LogP contribution in [0.4, 0.5) is 0 Å². The van der Waals surface area contributed by atoms with Crippen molar-refractivity contribution in [3.8, 4) is 0 Å². The molecule has 0 aliphatic carbocycles. The zero-order valence-electron chi connectivity index (χ0n) is 8.94. The first-order chi connectivity index (χ1) is 6.83. The summed E-state index contributed by atoms with van der Waals surface area (Å²) in [4.78, 5) is 8.31. The molecule has 0 saturated heterocycles. The lowest BCUT2D eigenvalue weighted by atomic mass is 10.2. The van der Waals surface area contributed by atoms with Crippen molar-refractivity contribution in [2.45, 2.75) is 39.2 Å². The van der Waals surface area contributed by atoms with Crippen LogP contribution in [-0.2, 0) is 11.2 Å². The molecule has 0 aliphatic rings. The first kappa shape index (κ1) is 11.1. The fourth-order valence-corrected chi connectivity index (χ4v) is 1.18. The van der Waals surface area contributed by atoms with Crippen LogP contribution in [0.5, 0.6) is 0 Å². The molecule has 0 N–H and O–H groups in total. The van der Waals surface area contributed by atoms with Crippen LogP contribution in [0.25, 0.3) is 0 Å². The Kier molecular flexibility index (Phi) is 5.15. The minimum absolute atomic E-state index is 0.212. The molecular weight excluding hydrogens is 176 g/mol. The van der Waals surface area contributed by atoms with Crippen LogP contribution in [0, 0.1) is 0 Å². The zero-order valence-corrected chi connectivity index (χ0v) is 8.94. The standard InChI is InChI=1S/C11H18N2O/c1-3-4-8-14-10(2)9-11-12-6-5-7-13-11/h5-7,10H,3-4,8-9H2,1-2H3. The maximum Gasteiger partial charge on any atom is 0.130 e. The molecule has 1 aromatic heterocycles. The van der Waals surface area contributed by atoms with Gasteiger partial charge in [0.2, 0.25) is 0 Å². The molecular formula is C11H18N2O. The average Bonchev–Trinajstić information content (AvgIpc) is 2.20. The maximum atomic E-state index is 5.61. The number of hydrogen-bond acceptors (Lipinski definition) is 3. The Balaban J connectivity index is 2.23. The smallest absolute Gasteiger partial charge is 0.130 e. The minimum atomic E-state index is 0.212. The van der Waals surface area contributed by atoms with Gasteiger partial charge in [-0.3, -0.25) is 0 Å². The molecule has 1 atom stereocenters. The number of unbranched alkanes of at least 4 members (excludes halogenated alkanes) is 1. The van der Waals surface area contributed by atoms with Gasteiger partial charge in [-0.15, -0.1) is 0 Å². The van der Waals surface area contributed by atoms with E-state index in [4.69, 9.17) is 4.74 Å². The van der Waals surface area contributed by atoms with Crippen molar-refractivity contribution in [3.05, 3.63) is 24.3 Å². The van der Waals surface area contributed by atoms with Crippen molar-refractivity contribution < 1.29 is 4.74 Å². The molecule has 1 unspecified atom stereocenters. The summed E-state index contributed by atoms with van der Waals surface area (Å²) in [6.07, 6.45) is 6.84. The Morgan fingerprint density at radius 2 is 2.07 bits per heavy atom. The van der Waals surface area contributed by atoms with E-state index in [1.165, 1.54) is 6.42 Å². The van der Waals surface area contributed by atoms with Crippen molar-refractivity contribution in [3.63, 3.8) is 0 Å². The first-order valence-corrected chi connectivity index (χ1v) is 5.20. The van der Waals surface area contributed by atoms with E-state index in [0.717, 1.165) is 25.3 Å². The second kappa shape index (κ2) is 6.49. The van der Waals surface area contributed by atoms with Gasteiger partial charge in [-0.05, 0) is 19.4 Å². The predicted octanol–water partition coefficient (Wildman–Crippen LogP) is 2.22. The molecule has 0 radical (unpaired) electrons. The number of aromatic nitrogens is 2. The summed E-state index contributed by atoms with van der Waals surface area (Å²) in [6, 6.07) is 1.83. The first-order valence-electron chi connectivity index (χ1n) is 5.20. The van der Waals surface area contributed by atoms with Gasteiger partial charge in [-0.1, -0.05) is 13.3 Å². The van der Waals surface area contributed by atoms with Gasteiger partial charge in [-0.2, -0.15) is 0 Å². The van der Waals surface area contributed by atoms with Crippen LogP contribution in [0.1, 0.15) is 32.5 Å². The summed E-state index contributed by atoms with van der Waals surface area (Å²) in [5.74, 6) is 0.858. The van der Waals surface area contributed by atoms with Crippen molar-refractivity contribution in [1.82, 2.24) is 9.97 Å². The molecule has 0 aromatic carbocycles. The largest absolute Gasteiger partial charge is 0.378 e. The third-order valence-corrected chi connectivity index (χ3v) is 1.99. The summed E-state index contributed by atoms with van der Waals surface area (Å²) in [5.41, 5.74) is 0. The van der Waals surface area contributed by atoms with E-state index in [2.05, 4.69) is 23.8 Å². The molecule has 0 amide bonds. The summed E-state index contributed by atoms with van der Waals surface area (Å²) in [5, 5.41) is 0. The van der Waals surface area contributed by atoms with Gasteiger partial charge in [0.25, 0.3) is 0 Å². The van der Waals surface area contributed by atoms with Crippen LogP contribution in [0.3, 0.4) is 0 Å². The van der Waals surface area contributed by atoms with Crippen LogP contribution >= 0.6 is 0 Å². The molecule has 3 nitrogen and oxygen atoms in total. The molecule has 14 heavy (non-hydrogen) atoms. The van der Waals surface area contributed by atoms with Gasteiger partial charge in [0.05, 0.1) is 6.10 Å². The van der Waals surface area contributed by atoms with Gasteiger partial charge in [-0.25, -0.2) is 9.97 Å². The number of nitrogens with zero attached hydrogens (tertiary/aromatic N) is 2. The van der Waals surface area contributed by atoms with E-state index in [1.54, 1.807) is 12.4 Å². The van der Waals surface area contributed by atoms with Crippen molar-refractivity contribution >= 4 is 0 Å². The highest BCUT2D eigenvalue weighted by molar-refractivity contribution is 4.89. The van der Waals surface area contributed by atoms with Crippen molar-refractivity contribution in [1.29, 1.82) is 0 Å². The minimum Gasteiger partial charge on any atom is -0.378 e. The maximum absolute atomic E-state index is 5.61. The molecule has 1 heterocycles. The average molecular weight is 194 g/mol. The van der Waals surface area contributed by atoms with Crippen molar-refractivity contribution in [2.75, 3.05) is 6.61 Å². The number of hydrogen-bond donors (Lipinski definition) is 0. The molecule has 78 valence electrons. The lowest BCUT2D eigenvalue weighted by Crippen LogP contribution is -2.14. The van der Waals surface area contributed by atoms with E-state index in [9.17, 15) is 0 Å². The lowest BCUT2D eigenvalue weighted by molar-refractivity contribution is 0.0631. The topological polar surface area (TPSA) is 35.0 Å². The Hall–Kier alpha value is -0.960. The SMILES string of the molecule is CCCCOC(C)Cc1ncccn1. The Bertz CT molecular complexity index is 238. The van der Waals surface area contributed by atoms with Crippen LogP contribution in [-0.4, -0.2) is 22.7 Å². The molecule has 3 heteroatoms. The summed E-state index contributed by atoms with van der Waals surface area (Å²) >= 11 is 0. The Labute approximate surface area is 85.5 Å². The van der Waals surface area contributed by atoms with E-state index in [-0.39, 0.29) is 6.10 Å². The quantitative estimate of drug-likeness (QED) is 0.651. The van der Waals surface area contributed by atoms with Gasteiger partial charge in [0.1, 0.15) is 5.82 Å². The van der Waals surface area contributed by atoms with Gasteiger partial charge in [0.15, 0.2) is 0 Å². The lowest BCUT2D eigenvalue weighted by Gasteiger charge is -2.11. The van der Waals surface area contributed by atoms with Crippen LogP contribution in [0.2, 0.25) is 0 Å². The van der Waals surface area contributed by atoms with Crippen LogP contribution < -0.4 is 0 Å². The van der Waals surface area contributed by atoms with E-state index in [0.29, 0.717) is 0 Å². The molecule has 0 aliphatic heterocycles. The second-order valence-corrected chi connectivity index (χ2v) is 3.40. The van der Waals surface area contributed by atoms with E-state index in [1.807, 2.05) is 6.07 Å². The fourth-order valence-electron chi connectivity index (χ4n) is 1.18. The fraction of sp³-hybridized carbons (Fsp3) is 0.636. The Morgan fingerprint density at radius 3 is 2.71 bits per heavy atom. The highest BCUT2D eigenvalue weighted by Crippen LogP contribution is 2.01. The predicted molar refractivity (Wildman–Crippen MR) is 56.1 cm³/mol. The van der Waals surface area contributed by atoms with Crippen molar-refractivity contribution in [2.24, 2.45) is 0 Å². The van der Waals surface area contributed by atoms with E-state index < -0.39 is 0 Å². The molecule has 1 rings (SSSR count). The Morgan fingerprint density at radius 1 is 1.36 bits per heavy atom. The zero-order chi connectivity index (χ0) is 10.2. The molecule has 0 bridgehead atoms. The molecule has 0 spiro atoms.